The molecule has 0 aliphatic heterocycles. The van der Waals surface area contributed by atoms with Crippen LogP contribution in [-0.4, -0.2) is 27.1 Å². The molecule has 0 amide bonds. The van der Waals surface area contributed by atoms with E-state index in [1.54, 1.807) is 11.3 Å². The fourth-order valence-corrected chi connectivity index (χ4v) is 4.41. The summed E-state index contributed by atoms with van der Waals surface area (Å²) in [6, 6.07) is 0. The second-order valence-corrected chi connectivity index (χ2v) is 7.69. The number of aromatic nitrogens is 2. The Kier molecular flexibility index (Phi) is 3.39. The molecule has 20 heavy (non-hydrogen) atoms. The standard InChI is InChI=1S/C15H23N3OS/c1-14(2)4-3-5-15(10-16,12(14)19)8-11-9-18-6-7-20-13(18)17-11/h6-7,9,12,19H,3-5,8,10,16H2,1-2H3. The number of thiazole rings is 1. The summed E-state index contributed by atoms with van der Waals surface area (Å²) in [6.45, 7) is 4.81. The van der Waals surface area contributed by atoms with Crippen LogP contribution in [0.15, 0.2) is 17.8 Å². The Balaban J connectivity index is 1.90. The molecule has 2 unspecified atom stereocenters. The van der Waals surface area contributed by atoms with Crippen LogP contribution in [0.5, 0.6) is 0 Å². The van der Waals surface area contributed by atoms with Gasteiger partial charge >= 0.3 is 0 Å². The minimum absolute atomic E-state index is 0.0608. The first-order valence-corrected chi connectivity index (χ1v) is 8.14. The summed E-state index contributed by atoms with van der Waals surface area (Å²) in [5.41, 5.74) is 6.82. The Bertz CT molecular complexity index is 575. The average Bonchev–Trinajstić information content (AvgIpc) is 2.96. The summed E-state index contributed by atoms with van der Waals surface area (Å²) in [4.78, 5) is 5.67. The van der Waals surface area contributed by atoms with E-state index in [2.05, 4.69) is 25.0 Å². The van der Waals surface area contributed by atoms with Crippen LogP contribution < -0.4 is 5.73 Å². The Morgan fingerprint density at radius 1 is 1.50 bits per heavy atom. The fraction of sp³-hybridized carbons (Fsp3) is 0.667. The molecule has 2 aromatic heterocycles. The van der Waals surface area contributed by atoms with Crippen molar-refractivity contribution in [2.24, 2.45) is 16.6 Å². The summed E-state index contributed by atoms with van der Waals surface area (Å²) in [7, 11) is 0. The van der Waals surface area contributed by atoms with E-state index in [1.807, 2.05) is 16.0 Å². The molecule has 5 heteroatoms. The largest absolute Gasteiger partial charge is 0.392 e. The summed E-state index contributed by atoms with van der Waals surface area (Å²) in [5, 5.41) is 12.9. The number of imidazole rings is 1. The van der Waals surface area contributed by atoms with Gasteiger partial charge in [-0.25, -0.2) is 4.98 Å². The van der Waals surface area contributed by atoms with E-state index in [4.69, 9.17) is 5.73 Å². The maximum Gasteiger partial charge on any atom is 0.193 e. The zero-order valence-electron chi connectivity index (χ0n) is 12.2. The molecule has 2 atom stereocenters. The van der Waals surface area contributed by atoms with Crippen molar-refractivity contribution in [3.63, 3.8) is 0 Å². The van der Waals surface area contributed by atoms with Gasteiger partial charge in [0.05, 0.1) is 11.8 Å². The van der Waals surface area contributed by atoms with Crippen molar-refractivity contribution in [1.82, 2.24) is 9.38 Å². The van der Waals surface area contributed by atoms with E-state index >= 15 is 0 Å². The van der Waals surface area contributed by atoms with E-state index in [1.165, 1.54) is 0 Å². The summed E-state index contributed by atoms with van der Waals surface area (Å²) in [6.07, 6.45) is 7.66. The Morgan fingerprint density at radius 3 is 3.00 bits per heavy atom. The number of rotatable bonds is 3. The van der Waals surface area contributed by atoms with Crippen molar-refractivity contribution in [2.45, 2.75) is 45.6 Å². The van der Waals surface area contributed by atoms with Gasteiger partial charge in [0, 0.05) is 36.2 Å². The fourth-order valence-electron chi connectivity index (χ4n) is 3.69. The van der Waals surface area contributed by atoms with Gasteiger partial charge in [-0.05, 0) is 18.3 Å². The molecule has 3 rings (SSSR count). The molecule has 0 radical (unpaired) electrons. The zero-order valence-corrected chi connectivity index (χ0v) is 13.0. The molecule has 1 saturated carbocycles. The summed E-state index contributed by atoms with van der Waals surface area (Å²) in [5.74, 6) is 0. The molecule has 1 aliphatic rings. The van der Waals surface area contributed by atoms with Gasteiger partial charge in [0.15, 0.2) is 4.96 Å². The van der Waals surface area contributed by atoms with Crippen LogP contribution in [0.1, 0.15) is 38.8 Å². The average molecular weight is 293 g/mol. The normalized spacial score (nSPS) is 29.9. The molecule has 2 heterocycles. The van der Waals surface area contributed by atoms with Gasteiger partial charge in [0.25, 0.3) is 0 Å². The van der Waals surface area contributed by atoms with Crippen LogP contribution in [0.2, 0.25) is 0 Å². The van der Waals surface area contributed by atoms with Crippen molar-refractivity contribution in [2.75, 3.05) is 6.54 Å². The third kappa shape index (κ3) is 2.18. The Labute approximate surface area is 123 Å². The summed E-state index contributed by atoms with van der Waals surface area (Å²) >= 11 is 1.64. The minimum Gasteiger partial charge on any atom is -0.392 e. The van der Waals surface area contributed by atoms with E-state index in [9.17, 15) is 5.11 Å². The molecule has 1 aliphatic carbocycles. The molecule has 0 spiro atoms. The van der Waals surface area contributed by atoms with E-state index in [-0.39, 0.29) is 16.9 Å². The molecule has 0 bridgehead atoms. The first-order valence-electron chi connectivity index (χ1n) is 7.26. The Morgan fingerprint density at radius 2 is 2.30 bits per heavy atom. The molecular formula is C15H23N3OS. The highest BCUT2D eigenvalue weighted by Gasteiger charge is 2.48. The monoisotopic (exact) mass is 293 g/mol. The first kappa shape index (κ1) is 14.0. The minimum atomic E-state index is -0.367. The highest BCUT2D eigenvalue weighted by atomic mass is 32.1. The van der Waals surface area contributed by atoms with Crippen LogP contribution in [0.3, 0.4) is 0 Å². The smallest absolute Gasteiger partial charge is 0.193 e. The summed E-state index contributed by atoms with van der Waals surface area (Å²) < 4.78 is 2.05. The number of fused-ring (bicyclic) bond motifs is 1. The molecule has 3 N–H and O–H groups in total. The van der Waals surface area contributed by atoms with Gasteiger partial charge in [0.2, 0.25) is 0 Å². The maximum absolute atomic E-state index is 10.8. The number of nitrogens with two attached hydrogens (primary N) is 1. The van der Waals surface area contributed by atoms with Gasteiger partial charge in [-0.15, -0.1) is 11.3 Å². The van der Waals surface area contributed by atoms with Crippen LogP contribution >= 0.6 is 11.3 Å². The van der Waals surface area contributed by atoms with Gasteiger partial charge in [-0.3, -0.25) is 4.40 Å². The van der Waals surface area contributed by atoms with E-state index in [0.29, 0.717) is 6.54 Å². The molecule has 1 fully saturated rings. The van der Waals surface area contributed by atoms with Crippen molar-refractivity contribution in [1.29, 1.82) is 0 Å². The molecule has 4 nitrogen and oxygen atoms in total. The zero-order chi connectivity index (χ0) is 14.4. The highest BCUT2D eigenvalue weighted by molar-refractivity contribution is 7.15. The number of hydrogen-bond donors (Lipinski definition) is 2. The van der Waals surface area contributed by atoms with Gasteiger partial charge < -0.3 is 10.8 Å². The van der Waals surface area contributed by atoms with Gasteiger partial charge in [0.1, 0.15) is 0 Å². The lowest BCUT2D eigenvalue weighted by atomic mass is 9.59. The van der Waals surface area contributed by atoms with Gasteiger partial charge in [-0.1, -0.05) is 20.3 Å². The number of hydrogen-bond acceptors (Lipinski definition) is 4. The van der Waals surface area contributed by atoms with Gasteiger partial charge in [-0.2, -0.15) is 0 Å². The van der Waals surface area contributed by atoms with Crippen molar-refractivity contribution in [3.8, 4) is 0 Å². The molecular weight excluding hydrogens is 270 g/mol. The lowest BCUT2D eigenvalue weighted by molar-refractivity contribution is -0.0888. The van der Waals surface area contributed by atoms with Crippen LogP contribution in [0.25, 0.3) is 4.96 Å². The quantitative estimate of drug-likeness (QED) is 0.913. The third-order valence-corrected chi connectivity index (χ3v) is 5.67. The van der Waals surface area contributed by atoms with E-state index in [0.717, 1.165) is 36.3 Å². The molecule has 0 aromatic carbocycles. The number of aliphatic hydroxyl groups is 1. The molecule has 110 valence electrons. The lowest BCUT2D eigenvalue weighted by Gasteiger charge is -2.49. The SMILES string of the molecule is CC1(C)CCCC(CN)(Cc2cn3ccsc3n2)C1O. The van der Waals surface area contributed by atoms with Crippen LogP contribution in [0.4, 0.5) is 0 Å². The van der Waals surface area contributed by atoms with Crippen molar-refractivity contribution < 1.29 is 5.11 Å². The highest BCUT2D eigenvalue weighted by Crippen LogP contribution is 2.47. The van der Waals surface area contributed by atoms with Crippen LogP contribution in [0, 0.1) is 10.8 Å². The predicted molar refractivity (Wildman–Crippen MR) is 81.9 cm³/mol. The second-order valence-electron chi connectivity index (χ2n) is 6.81. The topological polar surface area (TPSA) is 63.5 Å². The van der Waals surface area contributed by atoms with E-state index < -0.39 is 0 Å². The maximum atomic E-state index is 10.8. The van der Waals surface area contributed by atoms with Crippen molar-refractivity contribution in [3.05, 3.63) is 23.5 Å². The predicted octanol–water partition coefficient (Wildman–Crippen LogP) is 2.45. The number of aliphatic hydroxyl groups excluding tert-OH is 1. The lowest BCUT2D eigenvalue weighted by Crippen LogP contribution is -2.53. The molecule has 0 saturated heterocycles. The Hall–Kier alpha value is -0.910. The third-order valence-electron chi connectivity index (χ3n) is 4.90. The second kappa shape index (κ2) is 4.83. The van der Waals surface area contributed by atoms with Crippen LogP contribution in [-0.2, 0) is 6.42 Å². The first-order chi connectivity index (χ1) is 9.47. The number of nitrogens with zero attached hydrogens (tertiary/aromatic N) is 2. The molecule has 2 aromatic rings. The van der Waals surface area contributed by atoms with Crippen molar-refractivity contribution >= 4 is 16.3 Å².